The molecule has 1 amide bonds. The van der Waals surface area contributed by atoms with Crippen LogP contribution in [0.25, 0.3) is 0 Å². The molecule has 1 aromatic rings. The molecule has 3 nitrogen and oxygen atoms in total. The van der Waals surface area contributed by atoms with Gasteiger partial charge in [-0.25, -0.2) is 0 Å². The largest absolute Gasteiger partial charge is 0.353 e. The van der Waals surface area contributed by atoms with E-state index in [1.165, 1.54) is 4.90 Å². The van der Waals surface area contributed by atoms with E-state index >= 15 is 0 Å². The smallest absolute Gasteiger partial charge is 0.241 e. The summed E-state index contributed by atoms with van der Waals surface area (Å²) in [5, 5.41) is 6.06. The van der Waals surface area contributed by atoms with Crippen LogP contribution in [-0.2, 0) is 4.79 Å². The third kappa shape index (κ3) is 2.33. The number of thioether (sulfide) groups is 1. The Hall–Kier alpha value is -1.00. The van der Waals surface area contributed by atoms with Gasteiger partial charge < -0.3 is 10.6 Å². The van der Waals surface area contributed by atoms with Crippen LogP contribution in [0.1, 0.15) is 11.6 Å². The van der Waals surface area contributed by atoms with Gasteiger partial charge in [0.05, 0.1) is 0 Å². The predicted molar refractivity (Wildman–Crippen MR) is 62.0 cm³/mol. The van der Waals surface area contributed by atoms with E-state index in [4.69, 9.17) is 0 Å². The minimum absolute atomic E-state index is 0.0677. The van der Waals surface area contributed by atoms with Gasteiger partial charge in [-0.05, 0) is 24.0 Å². The molecular formula is C11H14N2OS. The summed E-state index contributed by atoms with van der Waals surface area (Å²) in [6.07, 6.45) is 2.04. The molecular weight excluding hydrogens is 208 g/mol. The summed E-state index contributed by atoms with van der Waals surface area (Å²) in [4.78, 5) is 12.8. The first-order valence-corrected chi connectivity index (χ1v) is 6.19. The Morgan fingerprint density at radius 3 is 2.60 bits per heavy atom. The molecule has 1 unspecified atom stereocenters. The molecule has 1 saturated heterocycles. The van der Waals surface area contributed by atoms with Crippen LogP contribution in [-0.4, -0.2) is 25.3 Å². The molecule has 1 aliphatic heterocycles. The molecule has 1 heterocycles. The van der Waals surface area contributed by atoms with Crippen molar-refractivity contribution >= 4 is 17.7 Å². The first kappa shape index (κ1) is 10.5. The molecule has 80 valence electrons. The van der Waals surface area contributed by atoms with Crippen molar-refractivity contribution in [2.75, 3.05) is 19.3 Å². The molecule has 0 aromatic heterocycles. The van der Waals surface area contributed by atoms with Crippen LogP contribution < -0.4 is 10.6 Å². The van der Waals surface area contributed by atoms with Crippen molar-refractivity contribution in [1.29, 1.82) is 0 Å². The number of rotatable bonds is 2. The van der Waals surface area contributed by atoms with Crippen LogP contribution in [0.15, 0.2) is 29.2 Å². The molecule has 0 aliphatic carbocycles. The highest BCUT2D eigenvalue weighted by Gasteiger charge is 2.22. The van der Waals surface area contributed by atoms with E-state index in [0.717, 1.165) is 18.7 Å². The normalized spacial score (nSPS) is 21.1. The fourth-order valence-corrected chi connectivity index (χ4v) is 2.07. The van der Waals surface area contributed by atoms with Crippen LogP contribution in [0, 0.1) is 0 Å². The monoisotopic (exact) mass is 222 g/mol. The van der Waals surface area contributed by atoms with Crippen molar-refractivity contribution < 1.29 is 4.79 Å². The van der Waals surface area contributed by atoms with Crippen LogP contribution in [0.2, 0.25) is 0 Å². The topological polar surface area (TPSA) is 41.1 Å². The Kier molecular flexibility index (Phi) is 3.28. The molecule has 0 bridgehead atoms. The van der Waals surface area contributed by atoms with Gasteiger partial charge in [0.25, 0.3) is 0 Å². The summed E-state index contributed by atoms with van der Waals surface area (Å²) in [5.41, 5.74) is 1.03. The Morgan fingerprint density at radius 2 is 2.00 bits per heavy atom. The van der Waals surface area contributed by atoms with E-state index < -0.39 is 0 Å². The van der Waals surface area contributed by atoms with Gasteiger partial charge in [-0.3, -0.25) is 4.79 Å². The van der Waals surface area contributed by atoms with Gasteiger partial charge in [0, 0.05) is 18.0 Å². The highest BCUT2D eigenvalue weighted by atomic mass is 32.2. The van der Waals surface area contributed by atoms with Crippen LogP contribution in [0.3, 0.4) is 0 Å². The van der Waals surface area contributed by atoms with Crippen molar-refractivity contribution in [1.82, 2.24) is 10.6 Å². The highest BCUT2D eigenvalue weighted by molar-refractivity contribution is 7.98. The number of nitrogens with one attached hydrogen (secondary N) is 2. The maximum absolute atomic E-state index is 11.6. The summed E-state index contributed by atoms with van der Waals surface area (Å²) >= 11 is 1.70. The van der Waals surface area contributed by atoms with Gasteiger partial charge in [-0.2, -0.15) is 0 Å². The van der Waals surface area contributed by atoms with E-state index in [2.05, 4.69) is 10.6 Å². The molecule has 0 saturated carbocycles. The Morgan fingerprint density at radius 1 is 1.27 bits per heavy atom. The number of piperazine rings is 1. The average Bonchev–Trinajstić information content (AvgIpc) is 2.30. The summed E-state index contributed by atoms with van der Waals surface area (Å²) in [6.45, 7) is 1.55. The SMILES string of the molecule is CSc1ccc(C2NCCNC2=O)cc1. The van der Waals surface area contributed by atoms with Crippen LogP contribution >= 0.6 is 11.8 Å². The van der Waals surface area contributed by atoms with Gasteiger partial charge in [0.1, 0.15) is 6.04 Å². The van der Waals surface area contributed by atoms with E-state index in [1.807, 2.05) is 30.5 Å². The third-order valence-corrected chi connectivity index (χ3v) is 3.23. The van der Waals surface area contributed by atoms with Crippen molar-refractivity contribution in [3.8, 4) is 0 Å². The lowest BCUT2D eigenvalue weighted by molar-refractivity contribution is -0.124. The Balaban J connectivity index is 2.17. The number of benzene rings is 1. The zero-order valence-electron chi connectivity index (χ0n) is 8.62. The second-order valence-corrected chi connectivity index (χ2v) is 4.33. The quantitative estimate of drug-likeness (QED) is 0.738. The number of carbonyl (C=O) groups excluding carboxylic acids is 1. The minimum atomic E-state index is -0.186. The molecule has 1 aliphatic rings. The zero-order chi connectivity index (χ0) is 10.7. The third-order valence-electron chi connectivity index (χ3n) is 2.48. The van der Waals surface area contributed by atoms with E-state index in [0.29, 0.717) is 0 Å². The molecule has 4 heteroatoms. The summed E-state index contributed by atoms with van der Waals surface area (Å²) < 4.78 is 0. The van der Waals surface area contributed by atoms with Gasteiger partial charge in [0.2, 0.25) is 5.91 Å². The second-order valence-electron chi connectivity index (χ2n) is 3.45. The van der Waals surface area contributed by atoms with Crippen molar-refractivity contribution in [3.05, 3.63) is 29.8 Å². The van der Waals surface area contributed by atoms with Gasteiger partial charge in [0.15, 0.2) is 0 Å². The maximum atomic E-state index is 11.6. The zero-order valence-corrected chi connectivity index (χ0v) is 9.43. The van der Waals surface area contributed by atoms with Crippen LogP contribution in [0.4, 0.5) is 0 Å². The molecule has 1 atom stereocenters. The average molecular weight is 222 g/mol. The van der Waals surface area contributed by atoms with Crippen LogP contribution in [0.5, 0.6) is 0 Å². The summed E-state index contributed by atoms with van der Waals surface area (Å²) in [6, 6.07) is 7.92. The fourth-order valence-electron chi connectivity index (χ4n) is 1.66. The second kappa shape index (κ2) is 4.68. The van der Waals surface area contributed by atoms with Gasteiger partial charge in [-0.15, -0.1) is 11.8 Å². The van der Waals surface area contributed by atoms with Crippen molar-refractivity contribution in [2.45, 2.75) is 10.9 Å². The lowest BCUT2D eigenvalue weighted by Crippen LogP contribution is -2.47. The molecule has 0 spiro atoms. The lowest BCUT2D eigenvalue weighted by Gasteiger charge is -2.23. The van der Waals surface area contributed by atoms with E-state index in [-0.39, 0.29) is 11.9 Å². The predicted octanol–water partition coefficient (Wildman–Crippen LogP) is 1.17. The van der Waals surface area contributed by atoms with Gasteiger partial charge in [-0.1, -0.05) is 12.1 Å². The lowest BCUT2D eigenvalue weighted by atomic mass is 10.1. The molecule has 1 fully saturated rings. The molecule has 1 aromatic carbocycles. The van der Waals surface area contributed by atoms with Crippen molar-refractivity contribution in [3.63, 3.8) is 0 Å². The first-order chi connectivity index (χ1) is 7.31. The fraction of sp³-hybridized carbons (Fsp3) is 0.364. The first-order valence-electron chi connectivity index (χ1n) is 4.96. The highest BCUT2D eigenvalue weighted by Crippen LogP contribution is 2.19. The maximum Gasteiger partial charge on any atom is 0.241 e. The van der Waals surface area contributed by atoms with Crippen molar-refractivity contribution in [2.24, 2.45) is 0 Å². The molecule has 15 heavy (non-hydrogen) atoms. The van der Waals surface area contributed by atoms with E-state index in [1.54, 1.807) is 11.8 Å². The summed E-state index contributed by atoms with van der Waals surface area (Å²) in [7, 11) is 0. The number of hydrogen-bond acceptors (Lipinski definition) is 3. The number of amides is 1. The summed E-state index contributed by atoms with van der Waals surface area (Å²) in [5.74, 6) is 0.0677. The molecule has 2 rings (SSSR count). The Labute approximate surface area is 93.6 Å². The number of carbonyl (C=O) groups is 1. The molecule has 2 N–H and O–H groups in total. The molecule has 0 radical (unpaired) electrons. The minimum Gasteiger partial charge on any atom is -0.353 e. The van der Waals surface area contributed by atoms with E-state index in [9.17, 15) is 4.79 Å². The number of hydrogen-bond donors (Lipinski definition) is 2. The standard InChI is InChI=1S/C11H14N2OS/c1-15-9-4-2-8(3-5-9)10-11(14)13-7-6-12-10/h2-5,10,12H,6-7H2,1H3,(H,13,14). The van der Waals surface area contributed by atoms with Gasteiger partial charge >= 0.3 is 0 Å². The Bertz CT molecular complexity index is 350.